The van der Waals surface area contributed by atoms with Crippen LogP contribution in [0.25, 0.3) is 26.7 Å². The van der Waals surface area contributed by atoms with Crippen molar-refractivity contribution in [2.45, 2.75) is 26.4 Å². The molecule has 0 saturated carbocycles. The summed E-state index contributed by atoms with van der Waals surface area (Å²) < 4.78 is 7.21. The summed E-state index contributed by atoms with van der Waals surface area (Å²) in [6.07, 6.45) is 0. The number of hydrogen-bond donors (Lipinski definition) is 1. The maximum atomic E-state index is 10.5. The number of aromatic nitrogens is 2. The number of benzene rings is 2. The lowest BCUT2D eigenvalue weighted by Gasteiger charge is -2.13. The number of thiophene rings is 1. The van der Waals surface area contributed by atoms with Crippen molar-refractivity contribution < 1.29 is 9.84 Å². The number of aliphatic hydroxyl groups is 1. The molecule has 0 saturated heterocycles. The Morgan fingerprint density at radius 3 is 2.47 bits per heavy atom. The SMILES string of the molecule is COc1ccc(C)c(-c2ccc(-c3cc(C(C)(C)O)nn3-c3ccccc3Cl)s2)c1. The lowest BCUT2D eigenvalue weighted by Crippen LogP contribution is -2.16. The first kappa shape index (κ1) is 20.7. The molecule has 1 N–H and O–H groups in total. The van der Waals surface area contributed by atoms with Crippen LogP contribution < -0.4 is 4.74 Å². The zero-order valence-electron chi connectivity index (χ0n) is 17.3. The van der Waals surface area contributed by atoms with Gasteiger partial charge in [-0.25, -0.2) is 4.68 Å². The summed E-state index contributed by atoms with van der Waals surface area (Å²) in [5.74, 6) is 0.830. The first-order valence-corrected chi connectivity index (χ1v) is 10.8. The van der Waals surface area contributed by atoms with Crippen molar-refractivity contribution in [1.29, 1.82) is 0 Å². The third-order valence-corrected chi connectivity index (χ3v) is 6.45. The molecule has 6 heteroatoms. The zero-order valence-corrected chi connectivity index (χ0v) is 18.9. The van der Waals surface area contributed by atoms with E-state index in [1.54, 1.807) is 32.3 Å². The molecule has 2 heterocycles. The van der Waals surface area contributed by atoms with Gasteiger partial charge in [0.2, 0.25) is 0 Å². The van der Waals surface area contributed by atoms with Crippen LogP contribution in [0.5, 0.6) is 5.75 Å². The van der Waals surface area contributed by atoms with Crippen molar-refractivity contribution >= 4 is 22.9 Å². The van der Waals surface area contributed by atoms with E-state index in [4.69, 9.17) is 16.3 Å². The van der Waals surface area contributed by atoms with E-state index in [1.807, 2.05) is 41.1 Å². The molecule has 154 valence electrons. The highest BCUT2D eigenvalue weighted by Crippen LogP contribution is 2.39. The molecular formula is C24H23ClN2O2S. The van der Waals surface area contributed by atoms with E-state index in [0.29, 0.717) is 10.7 Å². The molecule has 2 aromatic carbocycles. The molecule has 0 unspecified atom stereocenters. The quantitative estimate of drug-likeness (QED) is 0.388. The van der Waals surface area contributed by atoms with E-state index >= 15 is 0 Å². The number of methoxy groups -OCH3 is 1. The molecule has 0 aliphatic carbocycles. The molecule has 2 aromatic heterocycles. The standard InChI is InChI=1S/C24H23ClN2O2S/c1-15-9-10-16(29-4)13-17(15)21-11-12-22(30-21)20-14-23(24(2,3)28)26-27(20)19-8-6-5-7-18(19)25/h5-14,28H,1-4H3. The molecular weight excluding hydrogens is 416 g/mol. The van der Waals surface area contributed by atoms with E-state index in [2.05, 4.69) is 36.3 Å². The Bertz CT molecular complexity index is 1200. The van der Waals surface area contributed by atoms with Crippen molar-refractivity contribution in [2.24, 2.45) is 0 Å². The van der Waals surface area contributed by atoms with E-state index in [0.717, 1.165) is 32.4 Å². The molecule has 0 spiro atoms. The number of hydrogen-bond acceptors (Lipinski definition) is 4. The molecule has 30 heavy (non-hydrogen) atoms. The molecule has 4 nitrogen and oxygen atoms in total. The van der Waals surface area contributed by atoms with Gasteiger partial charge >= 0.3 is 0 Å². The van der Waals surface area contributed by atoms with Gasteiger partial charge in [0, 0.05) is 4.88 Å². The normalized spacial score (nSPS) is 11.7. The van der Waals surface area contributed by atoms with Crippen LogP contribution in [0.15, 0.2) is 60.7 Å². The van der Waals surface area contributed by atoms with Crippen molar-refractivity contribution in [3.8, 4) is 32.4 Å². The second-order valence-electron chi connectivity index (χ2n) is 7.68. The van der Waals surface area contributed by atoms with Gasteiger partial charge in [-0.05, 0) is 74.4 Å². The summed E-state index contributed by atoms with van der Waals surface area (Å²) in [5, 5.41) is 15.8. The first-order valence-electron chi connectivity index (χ1n) is 9.61. The number of halogens is 1. The summed E-state index contributed by atoms with van der Waals surface area (Å²) in [4.78, 5) is 2.17. The van der Waals surface area contributed by atoms with Crippen LogP contribution in [-0.2, 0) is 5.60 Å². The van der Waals surface area contributed by atoms with Crippen LogP contribution in [-0.4, -0.2) is 22.0 Å². The second-order valence-corrected chi connectivity index (χ2v) is 9.17. The number of rotatable bonds is 5. The fourth-order valence-electron chi connectivity index (χ4n) is 3.28. The Hall–Kier alpha value is -2.60. The fraction of sp³-hybridized carbons (Fsp3) is 0.208. The molecule has 0 amide bonds. The molecule has 0 aliphatic rings. The van der Waals surface area contributed by atoms with Gasteiger partial charge in [-0.15, -0.1) is 11.3 Å². The minimum Gasteiger partial charge on any atom is -0.497 e. The van der Waals surface area contributed by atoms with Crippen LogP contribution in [0, 0.1) is 6.92 Å². The predicted octanol–water partition coefficient (Wildman–Crippen LogP) is 6.47. The number of ether oxygens (including phenoxy) is 1. The van der Waals surface area contributed by atoms with Gasteiger partial charge in [-0.3, -0.25) is 0 Å². The highest BCUT2D eigenvalue weighted by atomic mass is 35.5. The van der Waals surface area contributed by atoms with E-state index < -0.39 is 5.60 Å². The lowest BCUT2D eigenvalue weighted by atomic mass is 10.1. The molecule has 4 aromatic rings. The fourth-order valence-corrected chi connectivity index (χ4v) is 4.58. The maximum absolute atomic E-state index is 10.5. The topological polar surface area (TPSA) is 47.3 Å². The van der Waals surface area contributed by atoms with E-state index in [9.17, 15) is 5.11 Å². The minimum absolute atomic E-state index is 0.588. The van der Waals surface area contributed by atoms with Gasteiger partial charge in [0.15, 0.2) is 0 Å². The van der Waals surface area contributed by atoms with Crippen molar-refractivity contribution in [1.82, 2.24) is 9.78 Å². The van der Waals surface area contributed by atoms with Gasteiger partial charge in [0.25, 0.3) is 0 Å². The van der Waals surface area contributed by atoms with Crippen LogP contribution >= 0.6 is 22.9 Å². The summed E-state index contributed by atoms with van der Waals surface area (Å²) in [6, 6.07) is 19.8. The minimum atomic E-state index is -1.06. The molecule has 4 rings (SSSR count). The number of para-hydroxylation sites is 1. The van der Waals surface area contributed by atoms with Crippen LogP contribution in [0.4, 0.5) is 0 Å². The molecule has 0 atom stereocenters. The maximum Gasteiger partial charge on any atom is 0.119 e. The summed E-state index contributed by atoms with van der Waals surface area (Å²) in [6.45, 7) is 5.56. The average Bonchev–Trinajstić information content (AvgIpc) is 3.36. The summed E-state index contributed by atoms with van der Waals surface area (Å²) >= 11 is 8.13. The highest BCUT2D eigenvalue weighted by Gasteiger charge is 2.24. The molecule has 0 bridgehead atoms. The van der Waals surface area contributed by atoms with Crippen LogP contribution in [0.1, 0.15) is 25.1 Å². The van der Waals surface area contributed by atoms with Gasteiger partial charge in [0.05, 0.1) is 34.1 Å². The van der Waals surface area contributed by atoms with Gasteiger partial charge < -0.3 is 9.84 Å². The molecule has 0 radical (unpaired) electrons. The van der Waals surface area contributed by atoms with Gasteiger partial charge in [0.1, 0.15) is 11.4 Å². The smallest absolute Gasteiger partial charge is 0.119 e. The van der Waals surface area contributed by atoms with Crippen LogP contribution in [0.3, 0.4) is 0 Å². The predicted molar refractivity (Wildman–Crippen MR) is 124 cm³/mol. The van der Waals surface area contributed by atoms with E-state index in [1.165, 1.54) is 5.56 Å². The number of aryl methyl sites for hydroxylation is 1. The lowest BCUT2D eigenvalue weighted by molar-refractivity contribution is 0.0734. The Kier molecular flexibility index (Phi) is 5.45. The second kappa shape index (κ2) is 7.91. The Morgan fingerprint density at radius 1 is 1.03 bits per heavy atom. The van der Waals surface area contributed by atoms with Crippen LogP contribution in [0.2, 0.25) is 5.02 Å². The summed E-state index contributed by atoms with van der Waals surface area (Å²) in [5.41, 5.74) is 3.50. The third kappa shape index (κ3) is 3.88. The molecule has 0 aliphatic heterocycles. The van der Waals surface area contributed by atoms with E-state index in [-0.39, 0.29) is 0 Å². The summed E-state index contributed by atoms with van der Waals surface area (Å²) in [7, 11) is 1.68. The van der Waals surface area contributed by atoms with Crippen molar-refractivity contribution in [3.05, 3.63) is 76.9 Å². The Morgan fingerprint density at radius 2 is 1.77 bits per heavy atom. The monoisotopic (exact) mass is 438 g/mol. The van der Waals surface area contributed by atoms with Gasteiger partial charge in [-0.1, -0.05) is 29.8 Å². The largest absolute Gasteiger partial charge is 0.497 e. The first-order chi connectivity index (χ1) is 14.3. The highest BCUT2D eigenvalue weighted by molar-refractivity contribution is 7.18. The average molecular weight is 439 g/mol. The molecule has 0 fully saturated rings. The third-order valence-electron chi connectivity index (χ3n) is 4.99. The Labute approximate surface area is 185 Å². The van der Waals surface area contributed by atoms with Crippen molar-refractivity contribution in [2.75, 3.05) is 7.11 Å². The zero-order chi connectivity index (χ0) is 21.5. The Balaban J connectivity index is 1.86. The van der Waals surface area contributed by atoms with Gasteiger partial charge in [-0.2, -0.15) is 5.10 Å². The number of nitrogens with zero attached hydrogens (tertiary/aromatic N) is 2. The van der Waals surface area contributed by atoms with Crippen molar-refractivity contribution in [3.63, 3.8) is 0 Å².